The van der Waals surface area contributed by atoms with Crippen LogP contribution in [0.5, 0.6) is 0 Å². The van der Waals surface area contributed by atoms with Gasteiger partial charge in [-0.2, -0.15) is 0 Å². The van der Waals surface area contributed by atoms with Crippen molar-refractivity contribution in [3.63, 3.8) is 0 Å². The second kappa shape index (κ2) is 8.82. The molecular weight excluding hydrogens is 378 g/mol. The molecule has 1 saturated heterocycles. The van der Waals surface area contributed by atoms with Crippen LogP contribution < -0.4 is 5.32 Å². The highest BCUT2D eigenvalue weighted by Gasteiger charge is 2.28. The minimum atomic E-state index is -0.122. The number of hydrogen-bond donors (Lipinski definition) is 1. The van der Waals surface area contributed by atoms with Crippen molar-refractivity contribution >= 4 is 17.5 Å². The van der Waals surface area contributed by atoms with E-state index in [4.69, 9.17) is 0 Å². The highest BCUT2D eigenvalue weighted by molar-refractivity contribution is 5.94. The molecule has 152 valence electrons. The van der Waals surface area contributed by atoms with Crippen LogP contribution in [0.3, 0.4) is 0 Å². The van der Waals surface area contributed by atoms with E-state index in [9.17, 15) is 9.59 Å². The number of benzene rings is 1. The van der Waals surface area contributed by atoms with E-state index in [-0.39, 0.29) is 17.7 Å². The zero-order valence-electron chi connectivity index (χ0n) is 16.8. The maximum Gasteiger partial charge on any atom is 0.255 e. The fourth-order valence-electron chi connectivity index (χ4n) is 3.87. The Morgan fingerprint density at radius 3 is 2.77 bits per heavy atom. The summed E-state index contributed by atoms with van der Waals surface area (Å²) in [6.45, 7) is 2.79. The molecule has 7 heteroatoms. The van der Waals surface area contributed by atoms with Crippen LogP contribution in [-0.2, 0) is 4.79 Å². The molecule has 1 N–H and O–H groups in total. The van der Waals surface area contributed by atoms with Crippen molar-refractivity contribution in [1.82, 2.24) is 19.9 Å². The molecule has 1 aliphatic heterocycles. The van der Waals surface area contributed by atoms with E-state index in [0.717, 1.165) is 36.3 Å². The first kappa shape index (κ1) is 19.7. The zero-order chi connectivity index (χ0) is 20.9. The van der Waals surface area contributed by atoms with Gasteiger partial charge in [0, 0.05) is 62.0 Å². The number of rotatable bonds is 4. The number of carbonyl (C=O) groups excluding carboxylic acids is 2. The molecule has 1 aliphatic rings. The molecule has 0 saturated carbocycles. The summed E-state index contributed by atoms with van der Waals surface area (Å²) in [7, 11) is 0. The third-order valence-corrected chi connectivity index (χ3v) is 5.19. The van der Waals surface area contributed by atoms with E-state index >= 15 is 0 Å². The highest BCUT2D eigenvalue weighted by Crippen LogP contribution is 2.33. The summed E-state index contributed by atoms with van der Waals surface area (Å²) in [6.07, 6.45) is 8.47. The molecule has 0 unspecified atom stereocenters. The third-order valence-electron chi connectivity index (χ3n) is 5.19. The first-order valence-corrected chi connectivity index (χ1v) is 10.00. The van der Waals surface area contributed by atoms with E-state index in [0.29, 0.717) is 17.8 Å². The molecule has 0 spiro atoms. The number of aromatic nitrogens is 3. The van der Waals surface area contributed by atoms with Crippen LogP contribution >= 0.6 is 0 Å². The predicted molar refractivity (Wildman–Crippen MR) is 114 cm³/mol. The second-order valence-corrected chi connectivity index (χ2v) is 7.38. The Labute approximate surface area is 175 Å². The number of nitrogens with zero attached hydrogens (tertiary/aromatic N) is 4. The average Bonchev–Trinajstić information content (AvgIpc) is 2.79. The van der Waals surface area contributed by atoms with Crippen LogP contribution in [0.4, 0.5) is 5.69 Å². The number of piperidine rings is 1. The molecule has 30 heavy (non-hydrogen) atoms. The van der Waals surface area contributed by atoms with Crippen molar-refractivity contribution in [2.45, 2.75) is 25.7 Å². The summed E-state index contributed by atoms with van der Waals surface area (Å²) in [4.78, 5) is 39.5. The molecule has 1 aromatic carbocycles. The number of likely N-dealkylation sites (tertiary alicyclic amines) is 1. The van der Waals surface area contributed by atoms with Crippen LogP contribution in [0.2, 0.25) is 0 Å². The number of anilines is 1. The van der Waals surface area contributed by atoms with Crippen LogP contribution in [0.1, 0.15) is 41.7 Å². The van der Waals surface area contributed by atoms with E-state index in [1.807, 2.05) is 29.2 Å². The lowest BCUT2D eigenvalue weighted by Gasteiger charge is -2.33. The number of pyridine rings is 1. The van der Waals surface area contributed by atoms with E-state index < -0.39 is 0 Å². The van der Waals surface area contributed by atoms with Gasteiger partial charge in [-0.1, -0.05) is 12.1 Å². The summed E-state index contributed by atoms with van der Waals surface area (Å²) >= 11 is 0. The Balaban J connectivity index is 1.61. The van der Waals surface area contributed by atoms with Gasteiger partial charge in [0.15, 0.2) is 0 Å². The third kappa shape index (κ3) is 4.35. The topological polar surface area (TPSA) is 88.1 Å². The van der Waals surface area contributed by atoms with Crippen LogP contribution in [-0.4, -0.2) is 44.8 Å². The summed E-state index contributed by atoms with van der Waals surface area (Å²) in [5, 5.41) is 2.81. The lowest BCUT2D eigenvalue weighted by atomic mass is 9.91. The molecule has 0 aliphatic carbocycles. The molecular formula is C23H23N5O2. The molecule has 0 radical (unpaired) electrons. The maximum absolute atomic E-state index is 12.9. The van der Waals surface area contributed by atoms with E-state index in [1.54, 1.807) is 36.9 Å². The molecule has 2 aromatic heterocycles. The van der Waals surface area contributed by atoms with Crippen LogP contribution in [0, 0.1) is 0 Å². The van der Waals surface area contributed by atoms with Crippen molar-refractivity contribution in [3.05, 3.63) is 72.4 Å². The van der Waals surface area contributed by atoms with Gasteiger partial charge in [0.1, 0.15) is 0 Å². The predicted octanol–water partition coefficient (Wildman–Crippen LogP) is 3.52. The van der Waals surface area contributed by atoms with Gasteiger partial charge in [-0.05, 0) is 37.1 Å². The van der Waals surface area contributed by atoms with Gasteiger partial charge in [-0.25, -0.2) is 0 Å². The minimum absolute atomic E-state index is 0.00843. The lowest BCUT2D eigenvalue weighted by Crippen LogP contribution is -2.39. The number of carbonyl (C=O) groups is 2. The van der Waals surface area contributed by atoms with Crippen molar-refractivity contribution in [2.24, 2.45) is 0 Å². The molecule has 3 aromatic rings. The maximum atomic E-state index is 12.9. The zero-order valence-corrected chi connectivity index (χ0v) is 16.8. The fourth-order valence-corrected chi connectivity index (χ4v) is 3.87. The Bertz CT molecular complexity index is 1050. The van der Waals surface area contributed by atoms with Gasteiger partial charge in [0.05, 0.1) is 17.0 Å². The standard InChI is InChI=1S/C23H23N5O2/c1-16(29)27-20-8-2-5-17(13-20)21-22(26-11-10-25-21)19-7-4-12-28(15-19)23(30)18-6-3-9-24-14-18/h2-3,5-6,8-11,13-14,19H,4,7,12,15H2,1H3,(H,27,29)/t19-/m0/s1. The Hall–Kier alpha value is -3.61. The van der Waals surface area contributed by atoms with Crippen LogP contribution in [0.25, 0.3) is 11.3 Å². The number of hydrogen-bond acceptors (Lipinski definition) is 5. The summed E-state index contributed by atoms with van der Waals surface area (Å²) in [5.74, 6) is -0.0401. The quantitative estimate of drug-likeness (QED) is 0.723. The first-order valence-electron chi connectivity index (χ1n) is 10.00. The Morgan fingerprint density at radius 1 is 1.10 bits per heavy atom. The molecule has 1 atom stereocenters. The summed E-state index contributed by atoms with van der Waals surface area (Å²) < 4.78 is 0. The van der Waals surface area contributed by atoms with Crippen LogP contribution in [0.15, 0.2) is 61.2 Å². The fraction of sp³-hybridized carbons (Fsp3) is 0.261. The average molecular weight is 401 g/mol. The van der Waals surface area contributed by atoms with Crippen molar-refractivity contribution in [1.29, 1.82) is 0 Å². The first-order chi connectivity index (χ1) is 14.6. The smallest absolute Gasteiger partial charge is 0.255 e. The Morgan fingerprint density at radius 2 is 1.97 bits per heavy atom. The molecule has 3 heterocycles. The Kier molecular flexibility index (Phi) is 5.79. The monoisotopic (exact) mass is 401 g/mol. The van der Waals surface area contributed by atoms with Gasteiger partial charge in [-0.15, -0.1) is 0 Å². The summed E-state index contributed by atoms with van der Waals surface area (Å²) in [6, 6.07) is 11.2. The minimum Gasteiger partial charge on any atom is -0.338 e. The molecule has 0 bridgehead atoms. The van der Waals surface area contributed by atoms with E-state index in [1.165, 1.54) is 6.92 Å². The number of nitrogens with one attached hydrogen (secondary N) is 1. The van der Waals surface area contributed by atoms with Crippen molar-refractivity contribution < 1.29 is 9.59 Å². The highest BCUT2D eigenvalue weighted by atomic mass is 16.2. The van der Waals surface area contributed by atoms with Gasteiger partial charge in [-0.3, -0.25) is 24.5 Å². The van der Waals surface area contributed by atoms with Gasteiger partial charge in [0.25, 0.3) is 5.91 Å². The number of amides is 2. The van der Waals surface area contributed by atoms with E-state index in [2.05, 4.69) is 20.3 Å². The van der Waals surface area contributed by atoms with Crippen molar-refractivity contribution in [2.75, 3.05) is 18.4 Å². The molecule has 4 rings (SSSR count). The van der Waals surface area contributed by atoms with Gasteiger partial charge < -0.3 is 10.2 Å². The van der Waals surface area contributed by atoms with Gasteiger partial charge >= 0.3 is 0 Å². The lowest BCUT2D eigenvalue weighted by molar-refractivity contribution is -0.114. The van der Waals surface area contributed by atoms with Gasteiger partial charge in [0.2, 0.25) is 5.91 Å². The SMILES string of the molecule is CC(=O)Nc1cccc(-c2nccnc2[C@H]2CCCN(C(=O)c3cccnc3)C2)c1. The molecule has 1 fully saturated rings. The normalized spacial score (nSPS) is 16.2. The second-order valence-electron chi connectivity index (χ2n) is 7.38. The van der Waals surface area contributed by atoms with Crippen molar-refractivity contribution in [3.8, 4) is 11.3 Å². The molecule has 7 nitrogen and oxygen atoms in total. The summed E-state index contributed by atoms with van der Waals surface area (Å²) in [5.41, 5.74) is 3.86. The largest absolute Gasteiger partial charge is 0.338 e. The molecule has 2 amide bonds.